The number of hydrogen-bond donors (Lipinski definition) is 3. The lowest BCUT2D eigenvalue weighted by molar-refractivity contribution is -0.120. The molecule has 1 aromatic carbocycles. The molecule has 1 aliphatic heterocycles. The summed E-state index contributed by atoms with van der Waals surface area (Å²) in [6.45, 7) is 3.26. The number of amides is 1. The number of nitrogens with two attached hydrogens (primary N) is 1. The van der Waals surface area contributed by atoms with E-state index in [1.165, 1.54) is 6.33 Å². The monoisotopic (exact) mass is 530 g/mol. The molecule has 0 spiro atoms. The zero-order chi connectivity index (χ0) is 20.8. The Bertz CT molecular complexity index is 1290. The van der Waals surface area contributed by atoms with E-state index in [1.54, 1.807) is 18.4 Å². The number of aryl methyl sites for hydroxylation is 1. The van der Waals surface area contributed by atoms with Gasteiger partial charge in [-0.15, -0.1) is 48.6 Å². The Morgan fingerprint density at radius 3 is 2.76 bits per heavy atom. The van der Waals surface area contributed by atoms with Crippen LogP contribution in [0.15, 0.2) is 30.6 Å². The lowest BCUT2D eigenvalue weighted by atomic mass is 10.1. The van der Waals surface area contributed by atoms with Gasteiger partial charge in [-0.2, -0.15) is 5.10 Å². The van der Waals surface area contributed by atoms with Crippen LogP contribution >= 0.6 is 48.6 Å². The van der Waals surface area contributed by atoms with Gasteiger partial charge in [0.2, 0.25) is 5.91 Å². The number of benzene rings is 1. The standard InChI is InChI=1S/C21H22N6O2S.3ClH/c1-11-5-12-7-17(30-19(12)16(6-11)29-2)14-8-13(9-24-15-3-4-23-21(15)28)27-18(14)20(22)25-10-26-27;;;/h5-8,10,15,24H,3-4,9H2,1-2H3,(H,23,28)(H2,22,25,26);3*1H/t15-;;;/m1.../s1. The molecule has 0 unspecified atom stereocenters. The smallest absolute Gasteiger partial charge is 0.237 e. The second-order valence-corrected chi connectivity index (χ2v) is 8.52. The number of hydrogen-bond acceptors (Lipinski definition) is 7. The van der Waals surface area contributed by atoms with Crippen molar-refractivity contribution in [1.82, 2.24) is 25.2 Å². The molecule has 1 fully saturated rings. The molecule has 8 nitrogen and oxygen atoms in total. The van der Waals surface area contributed by atoms with Crippen LogP contribution in [0.3, 0.4) is 0 Å². The molecule has 0 radical (unpaired) electrons. The maximum Gasteiger partial charge on any atom is 0.237 e. The fourth-order valence-electron chi connectivity index (χ4n) is 4.01. The molecule has 1 aliphatic rings. The third-order valence-corrected chi connectivity index (χ3v) is 6.65. The van der Waals surface area contributed by atoms with Crippen LogP contribution < -0.4 is 21.1 Å². The zero-order valence-electron chi connectivity index (χ0n) is 18.0. The number of carbonyl (C=O) groups excluding carboxylic acids is 1. The number of nitrogen functional groups attached to an aromatic ring is 1. The Morgan fingerprint density at radius 1 is 1.27 bits per heavy atom. The molecule has 4 N–H and O–H groups in total. The number of halogens is 3. The molecule has 5 rings (SSSR count). The van der Waals surface area contributed by atoms with Gasteiger partial charge in [0, 0.05) is 23.5 Å². The Labute approximate surface area is 213 Å². The minimum absolute atomic E-state index is 0. The third-order valence-electron chi connectivity index (χ3n) is 5.45. The first-order valence-corrected chi connectivity index (χ1v) is 10.6. The summed E-state index contributed by atoms with van der Waals surface area (Å²) in [5.74, 6) is 1.32. The summed E-state index contributed by atoms with van der Waals surface area (Å²) in [7, 11) is 1.69. The van der Waals surface area contributed by atoms with Gasteiger partial charge < -0.3 is 21.1 Å². The van der Waals surface area contributed by atoms with Gasteiger partial charge in [0.25, 0.3) is 0 Å². The number of ether oxygens (including phenoxy) is 1. The first kappa shape index (κ1) is 26.9. The molecule has 3 aromatic heterocycles. The summed E-state index contributed by atoms with van der Waals surface area (Å²) in [5, 5.41) is 11.7. The molecule has 1 atom stereocenters. The third kappa shape index (κ3) is 4.83. The Kier molecular flexibility index (Phi) is 8.78. The fraction of sp³-hybridized carbons (Fsp3) is 0.286. The average molecular weight is 532 g/mol. The lowest BCUT2D eigenvalue weighted by Gasteiger charge is -2.09. The topological polar surface area (TPSA) is 107 Å². The number of carbonyl (C=O) groups is 1. The van der Waals surface area contributed by atoms with Crippen molar-refractivity contribution in [3.63, 3.8) is 0 Å². The highest BCUT2D eigenvalue weighted by atomic mass is 35.5. The van der Waals surface area contributed by atoms with Crippen LogP contribution in [0.4, 0.5) is 5.82 Å². The number of rotatable bonds is 5. The number of thiophene rings is 1. The maximum absolute atomic E-state index is 11.9. The van der Waals surface area contributed by atoms with Crippen LogP contribution in [0.2, 0.25) is 0 Å². The maximum atomic E-state index is 11.9. The molecule has 0 aliphatic carbocycles. The van der Waals surface area contributed by atoms with Gasteiger partial charge in [0.05, 0.1) is 23.5 Å². The summed E-state index contributed by atoms with van der Waals surface area (Å²) >= 11 is 1.66. The number of nitrogens with one attached hydrogen (secondary N) is 2. The Balaban J connectivity index is 0.00000128. The SMILES string of the molecule is COc1cc(C)cc2cc(-c3cc(CN[C@@H]4CCNC4=O)n4ncnc(N)c34)sc12.Cl.Cl.Cl. The van der Waals surface area contributed by atoms with E-state index in [4.69, 9.17) is 10.5 Å². The molecule has 12 heteroatoms. The van der Waals surface area contributed by atoms with E-state index in [-0.39, 0.29) is 49.2 Å². The highest BCUT2D eigenvalue weighted by molar-refractivity contribution is 7.22. The molecule has 0 saturated carbocycles. The molecule has 4 heterocycles. The minimum Gasteiger partial charge on any atom is -0.495 e. The molecule has 1 amide bonds. The van der Waals surface area contributed by atoms with Crippen LogP contribution in [0.25, 0.3) is 26.0 Å². The van der Waals surface area contributed by atoms with Gasteiger partial charge in [-0.05, 0) is 42.5 Å². The van der Waals surface area contributed by atoms with E-state index in [1.807, 2.05) is 10.6 Å². The Morgan fingerprint density at radius 2 is 2.06 bits per heavy atom. The van der Waals surface area contributed by atoms with Gasteiger partial charge in [0.1, 0.15) is 17.6 Å². The first-order valence-electron chi connectivity index (χ1n) is 9.76. The van der Waals surface area contributed by atoms with Crippen molar-refractivity contribution in [3.05, 3.63) is 41.9 Å². The molecule has 33 heavy (non-hydrogen) atoms. The van der Waals surface area contributed by atoms with Crippen molar-refractivity contribution in [1.29, 1.82) is 0 Å². The second kappa shape index (κ2) is 10.8. The highest BCUT2D eigenvalue weighted by Crippen LogP contribution is 2.42. The molecule has 1 saturated heterocycles. The first-order chi connectivity index (χ1) is 14.5. The summed E-state index contributed by atoms with van der Waals surface area (Å²) in [5.41, 5.74) is 10.1. The van der Waals surface area contributed by atoms with Crippen LogP contribution in [-0.4, -0.2) is 40.2 Å². The molecular weight excluding hydrogens is 507 g/mol. The summed E-state index contributed by atoms with van der Waals surface area (Å²) in [6.07, 6.45) is 2.23. The van der Waals surface area contributed by atoms with E-state index in [0.29, 0.717) is 18.9 Å². The number of fused-ring (bicyclic) bond motifs is 2. The van der Waals surface area contributed by atoms with Crippen LogP contribution in [-0.2, 0) is 11.3 Å². The number of aromatic nitrogens is 3. The number of anilines is 1. The fourth-order valence-corrected chi connectivity index (χ4v) is 5.16. The van der Waals surface area contributed by atoms with Gasteiger partial charge in [-0.25, -0.2) is 9.50 Å². The van der Waals surface area contributed by atoms with Crippen molar-refractivity contribution < 1.29 is 9.53 Å². The van der Waals surface area contributed by atoms with Crippen molar-refractivity contribution in [3.8, 4) is 16.2 Å². The number of methoxy groups -OCH3 is 1. The van der Waals surface area contributed by atoms with Crippen LogP contribution in [0.5, 0.6) is 5.75 Å². The Hall–Kier alpha value is -2.30. The van der Waals surface area contributed by atoms with E-state index in [0.717, 1.165) is 49.5 Å². The van der Waals surface area contributed by atoms with Crippen molar-refractivity contribution in [2.24, 2.45) is 0 Å². The van der Waals surface area contributed by atoms with Crippen LogP contribution in [0.1, 0.15) is 17.7 Å². The van der Waals surface area contributed by atoms with Crippen LogP contribution in [0, 0.1) is 6.92 Å². The molecule has 0 bridgehead atoms. The van der Waals surface area contributed by atoms with E-state index < -0.39 is 0 Å². The summed E-state index contributed by atoms with van der Waals surface area (Å²) < 4.78 is 8.49. The average Bonchev–Trinajstić information content (AvgIpc) is 3.42. The largest absolute Gasteiger partial charge is 0.495 e. The lowest BCUT2D eigenvalue weighted by Crippen LogP contribution is -2.36. The van der Waals surface area contributed by atoms with Crippen molar-refractivity contribution >= 4 is 75.9 Å². The minimum atomic E-state index is -0.185. The van der Waals surface area contributed by atoms with E-state index >= 15 is 0 Å². The van der Waals surface area contributed by atoms with Gasteiger partial charge in [-0.3, -0.25) is 4.79 Å². The van der Waals surface area contributed by atoms with E-state index in [9.17, 15) is 4.79 Å². The predicted molar refractivity (Wildman–Crippen MR) is 140 cm³/mol. The summed E-state index contributed by atoms with van der Waals surface area (Å²) in [6, 6.07) is 8.23. The van der Waals surface area contributed by atoms with E-state index in [2.05, 4.69) is 45.8 Å². The predicted octanol–water partition coefficient (Wildman–Crippen LogP) is 3.75. The quantitative estimate of drug-likeness (QED) is 0.362. The van der Waals surface area contributed by atoms with Gasteiger partial charge >= 0.3 is 0 Å². The van der Waals surface area contributed by atoms with Crippen molar-refractivity contribution in [2.75, 3.05) is 19.4 Å². The highest BCUT2D eigenvalue weighted by Gasteiger charge is 2.24. The number of nitrogens with zero attached hydrogens (tertiary/aromatic N) is 3. The zero-order valence-corrected chi connectivity index (χ0v) is 21.2. The molecule has 4 aromatic rings. The second-order valence-electron chi connectivity index (χ2n) is 7.46. The molecule has 178 valence electrons. The normalized spacial score (nSPS) is 15.0. The molecular formula is C21H25Cl3N6O2S. The summed E-state index contributed by atoms with van der Waals surface area (Å²) in [4.78, 5) is 17.2. The van der Waals surface area contributed by atoms with Gasteiger partial charge in [-0.1, -0.05) is 6.07 Å². The van der Waals surface area contributed by atoms with Gasteiger partial charge in [0.15, 0.2) is 5.82 Å². The van der Waals surface area contributed by atoms with Crippen molar-refractivity contribution in [2.45, 2.75) is 25.9 Å².